The average molecular weight is 259 g/mol. The molecule has 0 saturated carbocycles. The summed E-state index contributed by atoms with van der Waals surface area (Å²) in [7, 11) is 1.52. The van der Waals surface area contributed by atoms with E-state index in [1.165, 1.54) is 13.2 Å². The van der Waals surface area contributed by atoms with Gasteiger partial charge < -0.3 is 14.6 Å². The molecular formula is C14H13NO4. The van der Waals surface area contributed by atoms with E-state index < -0.39 is 5.97 Å². The minimum absolute atomic E-state index is 0.106. The Morgan fingerprint density at radius 2 is 2.00 bits per heavy atom. The first-order valence-corrected chi connectivity index (χ1v) is 5.63. The number of pyridine rings is 1. The third-order valence-corrected chi connectivity index (χ3v) is 2.56. The van der Waals surface area contributed by atoms with Crippen molar-refractivity contribution >= 4 is 5.97 Å². The fourth-order valence-electron chi connectivity index (χ4n) is 1.57. The summed E-state index contributed by atoms with van der Waals surface area (Å²) in [6.07, 6.45) is 3.31. The topological polar surface area (TPSA) is 68.7 Å². The second-order valence-corrected chi connectivity index (χ2v) is 3.81. The number of hydrogen-bond acceptors (Lipinski definition) is 4. The maximum Gasteiger partial charge on any atom is 0.339 e. The predicted octanol–water partition coefficient (Wildman–Crippen LogP) is 2.37. The highest BCUT2D eigenvalue weighted by atomic mass is 16.5. The zero-order chi connectivity index (χ0) is 13.7. The SMILES string of the molecule is COc1ccc(C(=O)O)c(OCc2ccncc2)c1. The summed E-state index contributed by atoms with van der Waals surface area (Å²) in [5.41, 5.74) is 1.02. The molecule has 1 heterocycles. The molecule has 98 valence electrons. The van der Waals surface area contributed by atoms with Gasteiger partial charge in [0.15, 0.2) is 0 Å². The Kier molecular flexibility index (Phi) is 3.97. The molecule has 1 N–H and O–H groups in total. The number of hydrogen-bond donors (Lipinski definition) is 1. The number of carboxylic acid groups (broad SMARTS) is 1. The summed E-state index contributed by atoms with van der Waals surface area (Å²) in [5.74, 6) is -0.203. The van der Waals surface area contributed by atoms with Crippen molar-refractivity contribution in [1.82, 2.24) is 4.98 Å². The van der Waals surface area contributed by atoms with Crippen LogP contribution in [0, 0.1) is 0 Å². The van der Waals surface area contributed by atoms with Crippen molar-refractivity contribution in [1.29, 1.82) is 0 Å². The Balaban J connectivity index is 2.20. The van der Waals surface area contributed by atoms with E-state index in [0.717, 1.165) is 5.56 Å². The fraction of sp³-hybridized carbons (Fsp3) is 0.143. The zero-order valence-electron chi connectivity index (χ0n) is 10.4. The first kappa shape index (κ1) is 12.9. The van der Waals surface area contributed by atoms with Crippen LogP contribution in [0.25, 0.3) is 0 Å². The van der Waals surface area contributed by atoms with Gasteiger partial charge in [-0.2, -0.15) is 0 Å². The minimum Gasteiger partial charge on any atom is -0.497 e. The number of aromatic nitrogens is 1. The summed E-state index contributed by atoms with van der Waals surface area (Å²) < 4.78 is 10.6. The summed E-state index contributed by atoms with van der Waals surface area (Å²) in [5, 5.41) is 9.10. The van der Waals surface area contributed by atoms with Crippen molar-refractivity contribution < 1.29 is 19.4 Å². The number of benzene rings is 1. The highest BCUT2D eigenvalue weighted by Gasteiger charge is 2.12. The highest BCUT2D eigenvalue weighted by Crippen LogP contribution is 2.25. The molecule has 5 heteroatoms. The van der Waals surface area contributed by atoms with Gasteiger partial charge in [0.05, 0.1) is 7.11 Å². The van der Waals surface area contributed by atoms with Crippen LogP contribution in [0.3, 0.4) is 0 Å². The minimum atomic E-state index is -1.03. The maximum absolute atomic E-state index is 11.1. The van der Waals surface area contributed by atoms with E-state index in [0.29, 0.717) is 5.75 Å². The molecule has 0 saturated heterocycles. The lowest BCUT2D eigenvalue weighted by Gasteiger charge is -2.10. The molecule has 0 fully saturated rings. The van der Waals surface area contributed by atoms with Crippen LogP contribution < -0.4 is 9.47 Å². The lowest BCUT2D eigenvalue weighted by molar-refractivity contribution is 0.0691. The van der Waals surface area contributed by atoms with Gasteiger partial charge in [0.25, 0.3) is 0 Å². The van der Waals surface area contributed by atoms with Crippen LogP contribution >= 0.6 is 0 Å². The molecular weight excluding hydrogens is 246 g/mol. The highest BCUT2D eigenvalue weighted by molar-refractivity contribution is 5.91. The Morgan fingerprint density at radius 1 is 1.26 bits per heavy atom. The van der Waals surface area contributed by atoms with Gasteiger partial charge in [-0.15, -0.1) is 0 Å². The Bertz CT molecular complexity index is 569. The molecule has 0 unspecified atom stereocenters. The third-order valence-electron chi connectivity index (χ3n) is 2.56. The van der Waals surface area contributed by atoms with E-state index in [1.807, 2.05) is 0 Å². The summed E-state index contributed by atoms with van der Waals surface area (Å²) in [6, 6.07) is 8.22. The number of nitrogens with zero attached hydrogens (tertiary/aromatic N) is 1. The number of methoxy groups -OCH3 is 1. The van der Waals surface area contributed by atoms with Crippen molar-refractivity contribution in [2.45, 2.75) is 6.61 Å². The molecule has 1 aromatic carbocycles. The first-order valence-electron chi connectivity index (χ1n) is 5.63. The fourth-order valence-corrected chi connectivity index (χ4v) is 1.57. The smallest absolute Gasteiger partial charge is 0.339 e. The van der Waals surface area contributed by atoms with Gasteiger partial charge in [-0.25, -0.2) is 4.79 Å². The van der Waals surface area contributed by atoms with E-state index in [9.17, 15) is 4.79 Å². The van der Waals surface area contributed by atoms with E-state index in [2.05, 4.69) is 4.98 Å². The molecule has 0 aliphatic heterocycles. The van der Waals surface area contributed by atoms with Crippen molar-refractivity contribution in [2.24, 2.45) is 0 Å². The molecule has 0 aliphatic carbocycles. The number of carbonyl (C=O) groups is 1. The largest absolute Gasteiger partial charge is 0.497 e. The van der Waals surface area contributed by atoms with Crippen LogP contribution in [0.15, 0.2) is 42.7 Å². The Hall–Kier alpha value is -2.56. The van der Waals surface area contributed by atoms with Gasteiger partial charge in [0, 0.05) is 18.5 Å². The van der Waals surface area contributed by atoms with E-state index in [-0.39, 0.29) is 17.9 Å². The lowest BCUT2D eigenvalue weighted by Crippen LogP contribution is -2.03. The third kappa shape index (κ3) is 3.22. The Labute approximate surface area is 110 Å². The lowest BCUT2D eigenvalue weighted by atomic mass is 10.2. The van der Waals surface area contributed by atoms with Crippen LogP contribution in [0.5, 0.6) is 11.5 Å². The zero-order valence-corrected chi connectivity index (χ0v) is 10.4. The molecule has 0 atom stereocenters. The molecule has 0 aliphatic rings. The van der Waals surface area contributed by atoms with Gasteiger partial charge in [-0.1, -0.05) is 0 Å². The maximum atomic E-state index is 11.1. The number of rotatable bonds is 5. The number of aromatic carboxylic acids is 1. The quantitative estimate of drug-likeness (QED) is 0.892. The van der Waals surface area contributed by atoms with Gasteiger partial charge in [-0.3, -0.25) is 4.98 Å². The van der Waals surface area contributed by atoms with Crippen LogP contribution in [0.1, 0.15) is 15.9 Å². The molecule has 0 radical (unpaired) electrons. The van der Waals surface area contributed by atoms with Crippen molar-refractivity contribution in [3.05, 3.63) is 53.9 Å². The van der Waals surface area contributed by atoms with E-state index in [1.54, 1.807) is 36.7 Å². The molecule has 0 amide bonds. The number of carboxylic acids is 1. The van der Waals surface area contributed by atoms with E-state index in [4.69, 9.17) is 14.6 Å². The van der Waals surface area contributed by atoms with E-state index >= 15 is 0 Å². The normalized spacial score (nSPS) is 9.95. The molecule has 1 aromatic heterocycles. The van der Waals surface area contributed by atoms with Gasteiger partial charge in [-0.05, 0) is 29.8 Å². The second kappa shape index (κ2) is 5.86. The number of ether oxygens (including phenoxy) is 2. The molecule has 2 aromatic rings. The first-order chi connectivity index (χ1) is 9.20. The molecule has 19 heavy (non-hydrogen) atoms. The second-order valence-electron chi connectivity index (χ2n) is 3.81. The van der Waals surface area contributed by atoms with Crippen LogP contribution in [-0.4, -0.2) is 23.2 Å². The van der Waals surface area contributed by atoms with Crippen LogP contribution in [0.4, 0.5) is 0 Å². The van der Waals surface area contributed by atoms with Gasteiger partial charge in [0.2, 0.25) is 0 Å². The summed E-state index contributed by atoms with van der Waals surface area (Å²) in [6.45, 7) is 0.274. The van der Waals surface area contributed by atoms with Crippen LogP contribution in [0.2, 0.25) is 0 Å². The summed E-state index contributed by atoms with van der Waals surface area (Å²) >= 11 is 0. The van der Waals surface area contributed by atoms with Crippen molar-refractivity contribution in [3.8, 4) is 11.5 Å². The van der Waals surface area contributed by atoms with Crippen molar-refractivity contribution in [3.63, 3.8) is 0 Å². The van der Waals surface area contributed by atoms with Crippen molar-refractivity contribution in [2.75, 3.05) is 7.11 Å². The Morgan fingerprint density at radius 3 is 2.63 bits per heavy atom. The van der Waals surface area contributed by atoms with Crippen LogP contribution in [-0.2, 0) is 6.61 Å². The standard InChI is InChI=1S/C14H13NO4/c1-18-11-2-3-12(14(16)17)13(8-11)19-9-10-4-6-15-7-5-10/h2-8H,9H2,1H3,(H,16,17). The molecule has 5 nitrogen and oxygen atoms in total. The molecule has 0 spiro atoms. The van der Waals surface area contributed by atoms with Gasteiger partial charge >= 0.3 is 5.97 Å². The van der Waals surface area contributed by atoms with Gasteiger partial charge in [0.1, 0.15) is 23.7 Å². The monoisotopic (exact) mass is 259 g/mol. The molecule has 0 bridgehead atoms. The molecule has 2 rings (SSSR count). The average Bonchev–Trinajstić information content (AvgIpc) is 2.45. The summed E-state index contributed by atoms with van der Waals surface area (Å²) in [4.78, 5) is 15.0. The predicted molar refractivity (Wildman–Crippen MR) is 68.5 cm³/mol.